The van der Waals surface area contributed by atoms with Gasteiger partial charge in [-0.15, -0.1) is 0 Å². The predicted molar refractivity (Wildman–Crippen MR) is 194 cm³/mol. The first kappa shape index (κ1) is 39.9. The number of urea groups is 1. The molecular formula is C39H64N4O7. The molecule has 6 atom stereocenters. The van der Waals surface area contributed by atoms with Crippen molar-refractivity contribution in [3.8, 4) is 0 Å². The Labute approximate surface area is 300 Å². The van der Waals surface area contributed by atoms with Gasteiger partial charge in [-0.2, -0.15) is 0 Å². The number of carbonyl (C=O) groups is 3. The first-order valence-electron chi connectivity index (χ1n) is 19.2. The third-order valence-corrected chi connectivity index (χ3v) is 11.0. The van der Waals surface area contributed by atoms with Gasteiger partial charge in [-0.05, 0) is 69.9 Å². The summed E-state index contributed by atoms with van der Waals surface area (Å²) in [4.78, 5) is 47.0. The van der Waals surface area contributed by atoms with Gasteiger partial charge in [0.2, 0.25) is 0 Å². The summed E-state index contributed by atoms with van der Waals surface area (Å²) in [5.74, 6) is -0.720. The highest BCUT2D eigenvalue weighted by Crippen LogP contribution is 2.28. The van der Waals surface area contributed by atoms with Gasteiger partial charge in [0.15, 0.2) is 6.10 Å². The molecule has 11 heteroatoms. The van der Waals surface area contributed by atoms with Gasteiger partial charge in [0.05, 0.1) is 12.5 Å². The van der Waals surface area contributed by atoms with Crippen LogP contribution < -0.4 is 0 Å². The van der Waals surface area contributed by atoms with Crippen LogP contribution in [0.15, 0.2) is 36.0 Å². The number of amides is 3. The highest BCUT2D eigenvalue weighted by molar-refractivity contribution is 5.74. The van der Waals surface area contributed by atoms with Crippen molar-refractivity contribution in [3.05, 3.63) is 36.0 Å². The van der Waals surface area contributed by atoms with Gasteiger partial charge in [0, 0.05) is 64.8 Å². The Bertz CT molecular complexity index is 1200. The van der Waals surface area contributed by atoms with Crippen LogP contribution in [-0.4, -0.2) is 131 Å². The van der Waals surface area contributed by atoms with Gasteiger partial charge >= 0.3 is 18.1 Å². The fourth-order valence-corrected chi connectivity index (χ4v) is 7.74. The van der Waals surface area contributed by atoms with Crippen molar-refractivity contribution in [2.75, 3.05) is 52.9 Å². The first-order chi connectivity index (χ1) is 23.8. The van der Waals surface area contributed by atoms with Gasteiger partial charge in [-0.3, -0.25) is 9.69 Å². The average Bonchev–Trinajstić information content (AvgIpc) is 3.49. The molecule has 4 aliphatic rings. The number of rotatable bonds is 7. The Morgan fingerprint density at radius 2 is 1.68 bits per heavy atom. The zero-order chi connectivity index (χ0) is 36.3. The van der Waals surface area contributed by atoms with Crippen LogP contribution in [0.3, 0.4) is 0 Å². The van der Waals surface area contributed by atoms with Crippen molar-refractivity contribution >= 4 is 18.1 Å². The van der Waals surface area contributed by atoms with Gasteiger partial charge in [0.1, 0.15) is 11.7 Å². The number of nitrogens with zero attached hydrogens (tertiary/aromatic N) is 4. The number of cyclic esters (lactones) is 1. The minimum Gasteiger partial charge on any atom is -0.457 e. The molecule has 1 aliphatic carbocycles. The second-order valence-corrected chi connectivity index (χ2v) is 15.5. The zero-order valence-electron chi connectivity index (χ0n) is 31.3. The van der Waals surface area contributed by atoms with Crippen LogP contribution in [0.1, 0.15) is 98.3 Å². The predicted octanol–water partition coefficient (Wildman–Crippen LogP) is 5.52. The number of carbonyl (C=O) groups excluding carboxylic acids is 3. The van der Waals surface area contributed by atoms with Gasteiger partial charge < -0.3 is 34.4 Å². The van der Waals surface area contributed by atoms with E-state index in [2.05, 4.69) is 11.8 Å². The molecule has 50 heavy (non-hydrogen) atoms. The topological polar surface area (TPSA) is 123 Å². The number of likely N-dealkylation sites (tertiary alicyclic amines) is 1. The Morgan fingerprint density at radius 3 is 2.34 bits per heavy atom. The van der Waals surface area contributed by atoms with Crippen molar-refractivity contribution < 1.29 is 34.1 Å². The van der Waals surface area contributed by atoms with Gasteiger partial charge in [-0.1, -0.05) is 63.8 Å². The van der Waals surface area contributed by atoms with Crippen molar-refractivity contribution in [1.82, 2.24) is 19.6 Å². The number of hydrogen-bond acceptors (Lipinski definition) is 8. The molecule has 1 saturated carbocycles. The molecule has 0 aromatic heterocycles. The third-order valence-electron chi connectivity index (χ3n) is 11.0. The van der Waals surface area contributed by atoms with Crippen molar-refractivity contribution in [1.29, 1.82) is 0 Å². The van der Waals surface area contributed by atoms with E-state index < -0.39 is 36.0 Å². The molecule has 0 spiro atoms. The molecule has 2 saturated heterocycles. The smallest absolute Gasteiger partial charge is 0.410 e. The lowest BCUT2D eigenvalue weighted by molar-refractivity contribution is -0.151. The molecule has 3 aliphatic heterocycles. The van der Waals surface area contributed by atoms with E-state index in [1.165, 1.54) is 38.5 Å². The average molecular weight is 701 g/mol. The normalized spacial score (nSPS) is 31.3. The van der Waals surface area contributed by atoms with Gasteiger partial charge in [0.25, 0.3) is 0 Å². The van der Waals surface area contributed by atoms with Crippen LogP contribution in [0.2, 0.25) is 0 Å². The number of hydrogen-bond donors (Lipinski definition) is 2. The highest BCUT2D eigenvalue weighted by Gasteiger charge is 2.37. The van der Waals surface area contributed by atoms with E-state index in [0.29, 0.717) is 25.7 Å². The molecule has 3 fully saturated rings. The molecule has 0 bridgehead atoms. The van der Waals surface area contributed by atoms with E-state index in [-0.39, 0.29) is 37.1 Å². The summed E-state index contributed by atoms with van der Waals surface area (Å²) in [5, 5.41) is 22.2. The Balaban J connectivity index is 1.41. The Morgan fingerprint density at radius 1 is 1.02 bits per heavy atom. The van der Waals surface area contributed by atoms with E-state index in [1.54, 1.807) is 22.8 Å². The number of allylic oxidation sites excluding steroid dienone is 2. The van der Waals surface area contributed by atoms with Crippen LogP contribution in [-0.2, 0) is 14.3 Å². The van der Waals surface area contributed by atoms with Crippen molar-refractivity contribution in [3.63, 3.8) is 0 Å². The summed E-state index contributed by atoms with van der Waals surface area (Å²) >= 11 is 0. The lowest BCUT2D eigenvalue weighted by Crippen LogP contribution is -2.53. The van der Waals surface area contributed by atoms with E-state index in [4.69, 9.17) is 9.47 Å². The maximum Gasteiger partial charge on any atom is 0.410 e. The fourth-order valence-electron chi connectivity index (χ4n) is 7.74. The molecule has 2 N–H and O–H groups in total. The minimum atomic E-state index is -1.46. The van der Waals surface area contributed by atoms with Crippen LogP contribution in [0.25, 0.3) is 0 Å². The van der Waals surface area contributed by atoms with Crippen LogP contribution in [0.5, 0.6) is 0 Å². The summed E-state index contributed by atoms with van der Waals surface area (Å²) in [6.45, 7) is 12.5. The molecule has 0 unspecified atom stereocenters. The fraction of sp³-hybridized carbons (Fsp3) is 0.769. The monoisotopic (exact) mass is 700 g/mol. The number of esters is 1. The number of aliphatic hydroxyl groups is 2. The summed E-state index contributed by atoms with van der Waals surface area (Å²) < 4.78 is 11.9. The molecule has 282 valence electrons. The first-order valence-corrected chi connectivity index (χ1v) is 19.2. The molecule has 4 rings (SSSR count). The van der Waals surface area contributed by atoms with Crippen LogP contribution in [0, 0.1) is 11.8 Å². The largest absolute Gasteiger partial charge is 0.457 e. The summed E-state index contributed by atoms with van der Waals surface area (Å²) in [6, 6.07) is 0.655. The van der Waals surface area contributed by atoms with E-state index in [1.807, 2.05) is 50.1 Å². The van der Waals surface area contributed by atoms with Crippen molar-refractivity contribution in [2.45, 2.75) is 128 Å². The number of piperazine rings is 1. The number of ether oxygens (including phenoxy) is 2. The Kier molecular flexibility index (Phi) is 15.2. The number of aliphatic hydroxyl groups excluding tert-OH is 1. The molecule has 3 amide bonds. The highest BCUT2D eigenvalue weighted by atomic mass is 16.6. The van der Waals surface area contributed by atoms with E-state index in [9.17, 15) is 24.6 Å². The van der Waals surface area contributed by atoms with Crippen LogP contribution >= 0.6 is 0 Å². The lowest BCUT2D eigenvalue weighted by atomic mass is 9.89. The van der Waals surface area contributed by atoms with Crippen LogP contribution in [0.4, 0.5) is 9.59 Å². The second kappa shape index (κ2) is 19.1. The maximum atomic E-state index is 13.5. The summed E-state index contributed by atoms with van der Waals surface area (Å²) in [6.07, 6.45) is 16.2. The van der Waals surface area contributed by atoms with E-state index in [0.717, 1.165) is 44.6 Å². The molecule has 0 aromatic carbocycles. The molecule has 11 nitrogen and oxygen atoms in total. The molecule has 0 radical (unpaired) electrons. The quantitative estimate of drug-likeness (QED) is 0.154. The SMILES string of the molecule is C/C(=C\C=C\[C@@H](C)CN(C)C(=O)N1CCCC1)[C@H]1OC(=O)C[C@@H](O)CC[C@](C)(O)[C@@H](OC(=O)N2CCN(C3CCCCCC3)CC2)/C=C\[C@@H]1C. The van der Waals surface area contributed by atoms with E-state index >= 15 is 0 Å². The summed E-state index contributed by atoms with van der Waals surface area (Å²) in [7, 11) is 1.83. The summed E-state index contributed by atoms with van der Waals surface area (Å²) in [5.41, 5.74) is -0.653. The second-order valence-electron chi connectivity index (χ2n) is 15.5. The molecule has 3 heterocycles. The Hall–Kier alpha value is -2.89. The van der Waals surface area contributed by atoms with Gasteiger partial charge in [-0.25, -0.2) is 9.59 Å². The lowest BCUT2D eigenvalue weighted by Gasteiger charge is -2.40. The zero-order valence-corrected chi connectivity index (χ0v) is 31.3. The standard InChI is InChI=1S/C39H64N4O7/c1-29(28-40(5)37(46)42-21-10-11-22-42)13-12-14-30(2)36-31(3)17-18-34(39(4,48)20-19-33(44)27-35(45)50-36)49-38(47)43-25-23-41(24-26-43)32-15-8-6-7-9-16-32/h12-14,17-18,29,31-34,36,44,48H,6-11,15-16,19-28H2,1-5H3/b13-12+,18-17-,30-14+/t29-,31+,33+,34+,36-,39+/m1/s1. The molecular weight excluding hydrogens is 636 g/mol. The third kappa shape index (κ3) is 11.8. The minimum absolute atomic E-state index is 0.0629. The molecule has 0 aromatic rings. The maximum absolute atomic E-state index is 13.5. The van der Waals surface area contributed by atoms with Crippen molar-refractivity contribution in [2.24, 2.45) is 11.8 Å².